The molecule has 3 aromatic rings. The fourth-order valence-electron chi connectivity index (χ4n) is 3.83. The highest BCUT2D eigenvalue weighted by Gasteiger charge is 2.47. The quantitative estimate of drug-likeness (QED) is 0.699. The molecule has 3 N–H and O–H groups in total. The molecule has 0 radical (unpaired) electrons. The number of carbonyl (C=O) groups excluding carboxylic acids is 1. The van der Waals surface area contributed by atoms with Crippen molar-refractivity contribution in [2.24, 2.45) is 10.7 Å². The molecule has 7 heteroatoms. The highest BCUT2D eigenvalue weighted by atomic mass is 16.5. The molecule has 30 heavy (non-hydrogen) atoms. The van der Waals surface area contributed by atoms with Crippen LogP contribution in [0.2, 0.25) is 0 Å². The first-order chi connectivity index (χ1) is 14.6. The van der Waals surface area contributed by atoms with E-state index in [0.29, 0.717) is 28.5 Å². The number of hydrogen-bond donors (Lipinski definition) is 2. The molecule has 0 aliphatic carbocycles. The second-order valence-corrected chi connectivity index (χ2v) is 7.09. The van der Waals surface area contributed by atoms with Gasteiger partial charge < -0.3 is 25.3 Å². The van der Waals surface area contributed by atoms with Crippen LogP contribution in [0.5, 0.6) is 17.2 Å². The van der Waals surface area contributed by atoms with Gasteiger partial charge in [0.05, 0.1) is 7.11 Å². The van der Waals surface area contributed by atoms with Crippen molar-refractivity contribution in [2.45, 2.75) is 5.54 Å². The summed E-state index contributed by atoms with van der Waals surface area (Å²) in [6.07, 6.45) is 0. The van der Waals surface area contributed by atoms with Crippen LogP contribution in [-0.2, 0) is 10.3 Å². The van der Waals surface area contributed by atoms with Gasteiger partial charge in [0.25, 0.3) is 11.9 Å². The van der Waals surface area contributed by atoms with E-state index in [1.54, 1.807) is 25.3 Å². The summed E-state index contributed by atoms with van der Waals surface area (Å²) < 4.78 is 17.1. The lowest BCUT2D eigenvalue weighted by molar-refractivity contribution is 0.102. The van der Waals surface area contributed by atoms with Gasteiger partial charge in [-0.05, 0) is 48.5 Å². The van der Waals surface area contributed by atoms with Crippen LogP contribution in [0.1, 0.15) is 21.5 Å². The lowest BCUT2D eigenvalue weighted by Gasteiger charge is -2.33. The molecule has 1 atom stereocenters. The summed E-state index contributed by atoms with van der Waals surface area (Å²) >= 11 is 0. The number of carbonyl (C=O) groups is 1. The van der Waals surface area contributed by atoms with Gasteiger partial charge in [-0.1, -0.05) is 18.2 Å². The zero-order valence-electron chi connectivity index (χ0n) is 16.2. The second kappa shape index (κ2) is 6.81. The SMILES string of the molecule is COc1ccc2c(c1)[C@]1(COC(N)=N1)c1cc(NC(=O)c3ccccc3)ccc1O2. The van der Waals surface area contributed by atoms with Gasteiger partial charge in [0.15, 0.2) is 5.54 Å². The van der Waals surface area contributed by atoms with E-state index in [4.69, 9.17) is 19.9 Å². The van der Waals surface area contributed by atoms with E-state index in [9.17, 15) is 4.79 Å². The van der Waals surface area contributed by atoms with Gasteiger partial charge in [0.1, 0.15) is 23.9 Å². The largest absolute Gasteiger partial charge is 0.497 e. The molecule has 150 valence electrons. The molecule has 7 nitrogen and oxygen atoms in total. The molecule has 2 aliphatic heterocycles. The predicted molar refractivity (Wildman–Crippen MR) is 112 cm³/mol. The molecular weight excluding hydrogens is 382 g/mol. The standard InChI is InChI=1S/C23H19N3O4/c1-28-16-8-10-20-18(12-16)23(13-29-22(24)26-23)17-11-15(7-9-19(17)30-20)25-21(27)14-5-3-2-4-6-14/h2-12H,13H2,1H3,(H2,24,26)(H,25,27)/t23-/m0/s1. The first-order valence-electron chi connectivity index (χ1n) is 9.44. The topological polar surface area (TPSA) is 95.2 Å². The average Bonchev–Trinajstić information content (AvgIpc) is 3.17. The fourth-order valence-corrected chi connectivity index (χ4v) is 3.83. The van der Waals surface area contributed by atoms with E-state index < -0.39 is 5.54 Å². The van der Waals surface area contributed by atoms with Crippen LogP contribution in [-0.4, -0.2) is 25.6 Å². The average molecular weight is 401 g/mol. The lowest BCUT2D eigenvalue weighted by Crippen LogP contribution is -2.31. The third-order valence-electron chi connectivity index (χ3n) is 5.30. The number of ether oxygens (including phenoxy) is 3. The maximum Gasteiger partial charge on any atom is 0.283 e. The number of amides is 1. The Morgan fingerprint density at radius 3 is 2.50 bits per heavy atom. The van der Waals surface area contributed by atoms with Crippen molar-refractivity contribution in [3.05, 3.63) is 83.4 Å². The van der Waals surface area contributed by atoms with Crippen molar-refractivity contribution < 1.29 is 19.0 Å². The van der Waals surface area contributed by atoms with E-state index >= 15 is 0 Å². The normalized spacial score (nSPS) is 18.5. The van der Waals surface area contributed by atoms with Crippen molar-refractivity contribution in [1.29, 1.82) is 0 Å². The van der Waals surface area contributed by atoms with Crippen molar-refractivity contribution in [3.63, 3.8) is 0 Å². The van der Waals surface area contributed by atoms with Gasteiger partial charge in [-0.15, -0.1) is 0 Å². The molecular formula is C23H19N3O4. The summed E-state index contributed by atoms with van der Waals surface area (Å²) in [4.78, 5) is 17.2. The van der Waals surface area contributed by atoms with E-state index in [2.05, 4.69) is 10.3 Å². The Balaban J connectivity index is 1.59. The Morgan fingerprint density at radius 1 is 1.07 bits per heavy atom. The molecule has 5 rings (SSSR count). The summed E-state index contributed by atoms with van der Waals surface area (Å²) in [6.45, 7) is 0.228. The van der Waals surface area contributed by atoms with Crippen molar-refractivity contribution in [3.8, 4) is 17.2 Å². The minimum Gasteiger partial charge on any atom is -0.497 e. The van der Waals surface area contributed by atoms with Gasteiger partial charge in [-0.2, -0.15) is 0 Å². The Labute approximate surface area is 173 Å². The zero-order valence-corrected chi connectivity index (χ0v) is 16.2. The number of methoxy groups -OCH3 is 1. The lowest BCUT2D eigenvalue weighted by atomic mass is 9.81. The van der Waals surface area contributed by atoms with Crippen LogP contribution in [0.3, 0.4) is 0 Å². The number of anilines is 1. The molecule has 1 amide bonds. The Bertz CT molecular complexity index is 1180. The van der Waals surface area contributed by atoms with Crippen LogP contribution in [0.15, 0.2) is 71.7 Å². The Kier molecular flexibility index (Phi) is 4.10. The first-order valence-corrected chi connectivity index (χ1v) is 9.44. The number of nitrogens with zero attached hydrogens (tertiary/aromatic N) is 1. The van der Waals surface area contributed by atoms with Crippen LogP contribution in [0.25, 0.3) is 0 Å². The maximum absolute atomic E-state index is 12.6. The van der Waals surface area contributed by atoms with Crippen molar-refractivity contribution >= 4 is 17.6 Å². The second-order valence-electron chi connectivity index (χ2n) is 7.09. The molecule has 0 aromatic heterocycles. The molecule has 2 heterocycles. The highest BCUT2D eigenvalue weighted by molar-refractivity contribution is 6.04. The summed E-state index contributed by atoms with van der Waals surface area (Å²) in [5.74, 6) is 1.77. The summed E-state index contributed by atoms with van der Waals surface area (Å²) in [7, 11) is 1.60. The molecule has 0 unspecified atom stereocenters. The van der Waals surface area contributed by atoms with Crippen LogP contribution in [0.4, 0.5) is 5.69 Å². The van der Waals surface area contributed by atoms with E-state index in [1.807, 2.05) is 48.5 Å². The number of aliphatic imine (C=N–C) groups is 1. The van der Waals surface area contributed by atoms with Crippen LogP contribution in [0, 0.1) is 0 Å². The molecule has 0 fully saturated rings. The van der Waals surface area contributed by atoms with Gasteiger partial charge in [-0.3, -0.25) is 4.79 Å². The van der Waals surface area contributed by atoms with Crippen LogP contribution < -0.4 is 20.5 Å². The number of hydrogen-bond acceptors (Lipinski definition) is 6. The fraction of sp³-hybridized carbons (Fsp3) is 0.130. The number of nitrogens with two attached hydrogens (primary N) is 1. The number of amidine groups is 1. The summed E-state index contributed by atoms with van der Waals surface area (Å²) in [6, 6.07) is 20.1. The third kappa shape index (κ3) is 2.83. The third-order valence-corrected chi connectivity index (χ3v) is 5.30. The Hall–Kier alpha value is -4.00. The number of fused-ring (bicyclic) bond motifs is 4. The van der Waals surface area contributed by atoms with Gasteiger partial charge >= 0.3 is 0 Å². The molecule has 0 bridgehead atoms. The van der Waals surface area contributed by atoms with Gasteiger partial charge in [0, 0.05) is 22.4 Å². The highest BCUT2D eigenvalue weighted by Crippen LogP contribution is 2.52. The van der Waals surface area contributed by atoms with Gasteiger partial charge in [-0.25, -0.2) is 4.99 Å². The summed E-state index contributed by atoms with van der Waals surface area (Å²) in [5.41, 5.74) is 7.77. The number of nitrogens with one attached hydrogen (secondary N) is 1. The monoisotopic (exact) mass is 401 g/mol. The van der Waals surface area contributed by atoms with Crippen LogP contribution >= 0.6 is 0 Å². The molecule has 0 saturated carbocycles. The number of rotatable bonds is 3. The smallest absolute Gasteiger partial charge is 0.283 e. The predicted octanol–water partition coefficient (Wildman–Crippen LogP) is 3.64. The zero-order chi connectivity index (χ0) is 20.7. The first kappa shape index (κ1) is 18.1. The van der Waals surface area contributed by atoms with E-state index in [0.717, 1.165) is 11.1 Å². The van der Waals surface area contributed by atoms with Crippen molar-refractivity contribution in [2.75, 3.05) is 19.0 Å². The van der Waals surface area contributed by atoms with E-state index in [1.165, 1.54) is 0 Å². The molecule has 0 saturated heterocycles. The maximum atomic E-state index is 12.6. The number of benzene rings is 3. The molecule has 1 spiro atoms. The van der Waals surface area contributed by atoms with Crippen molar-refractivity contribution in [1.82, 2.24) is 0 Å². The van der Waals surface area contributed by atoms with Gasteiger partial charge in [0.2, 0.25) is 0 Å². The van der Waals surface area contributed by atoms with E-state index in [-0.39, 0.29) is 18.5 Å². The minimum absolute atomic E-state index is 0.107. The molecule has 3 aromatic carbocycles. The summed E-state index contributed by atoms with van der Waals surface area (Å²) in [5, 5.41) is 2.93. The Morgan fingerprint density at radius 2 is 1.80 bits per heavy atom. The minimum atomic E-state index is -0.880. The molecule has 2 aliphatic rings.